The summed E-state index contributed by atoms with van der Waals surface area (Å²) in [5.74, 6) is -0.0122. The van der Waals surface area contributed by atoms with Crippen LogP contribution in [0.3, 0.4) is 0 Å². The highest BCUT2D eigenvalue weighted by atomic mass is 32.1. The summed E-state index contributed by atoms with van der Waals surface area (Å²) in [7, 11) is 0. The van der Waals surface area contributed by atoms with E-state index in [1.807, 2.05) is 25.1 Å². The molecule has 0 atom stereocenters. The number of hydrogen-bond donors (Lipinski definition) is 0. The van der Waals surface area contributed by atoms with Gasteiger partial charge in [-0.15, -0.1) is 11.3 Å². The molecule has 1 aliphatic rings. The molecule has 0 unspecified atom stereocenters. The van der Waals surface area contributed by atoms with E-state index in [0.717, 1.165) is 24.0 Å². The van der Waals surface area contributed by atoms with Crippen molar-refractivity contribution in [3.63, 3.8) is 0 Å². The Bertz CT molecular complexity index is 867. The van der Waals surface area contributed by atoms with Gasteiger partial charge in [-0.2, -0.15) is 0 Å². The molecular formula is C21H23NO4S. The molecule has 142 valence electrons. The molecule has 27 heavy (non-hydrogen) atoms. The molecule has 1 aromatic carbocycles. The van der Waals surface area contributed by atoms with Gasteiger partial charge in [-0.25, -0.2) is 4.98 Å². The van der Waals surface area contributed by atoms with Crippen LogP contribution in [0.2, 0.25) is 0 Å². The number of nitrogens with zero attached hydrogens (tertiary/aromatic N) is 1. The number of thiazole rings is 1. The van der Waals surface area contributed by atoms with Crippen LogP contribution in [-0.2, 0) is 33.6 Å². The van der Waals surface area contributed by atoms with E-state index in [2.05, 4.69) is 4.98 Å². The SMILES string of the molecule is CCOC(=O)Cc1csc(CC(=O)Cc2ccc(C)cc2C(=O)C2CC2)n1. The molecule has 0 radical (unpaired) electrons. The molecule has 0 N–H and O–H groups in total. The maximum absolute atomic E-state index is 12.5. The summed E-state index contributed by atoms with van der Waals surface area (Å²) in [5.41, 5.74) is 3.14. The lowest BCUT2D eigenvalue weighted by molar-refractivity contribution is -0.142. The number of carbonyl (C=O) groups excluding carboxylic acids is 3. The van der Waals surface area contributed by atoms with Crippen molar-refractivity contribution in [2.24, 2.45) is 5.92 Å². The highest BCUT2D eigenvalue weighted by Gasteiger charge is 2.31. The van der Waals surface area contributed by atoms with Crippen LogP contribution in [-0.4, -0.2) is 29.1 Å². The summed E-state index contributed by atoms with van der Waals surface area (Å²) in [4.78, 5) is 40.9. The van der Waals surface area contributed by atoms with Crippen molar-refractivity contribution in [2.75, 3.05) is 6.61 Å². The highest BCUT2D eigenvalue weighted by Crippen LogP contribution is 2.34. The number of benzene rings is 1. The summed E-state index contributed by atoms with van der Waals surface area (Å²) in [6.07, 6.45) is 2.45. The first-order valence-electron chi connectivity index (χ1n) is 9.20. The Morgan fingerprint density at radius 2 is 1.96 bits per heavy atom. The number of ketones is 2. The predicted octanol–water partition coefficient (Wildman–Crippen LogP) is 3.50. The van der Waals surface area contributed by atoms with Crippen molar-refractivity contribution in [1.29, 1.82) is 0 Å². The minimum absolute atomic E-state index is 0.0146. The van der Waals surface area contributed by atoms with Gasteiger partial charge in [-0.05, 0) is 38.3 Å². The van der Waals surface area contributed by atoms with Gasteiger partial charge in [0.05, 0.1) is 25.1 Å². The average molecular weight is 385 g/mol. The first kappa shape index (κ1) is 19.4. The van der Waals surface area contributed by atoms with Crippen LogP contribution in [0.1, 0.15) is 52.0 Å². The van der Waals surface area contributed by atoms with Crippen LogP contribution in [0.5, 0.6) is 0 Å². The van der Waals surface area contributed by atoms with E-state index in [4.69, 9.17) is 4.74 Å². The third-order valence-electron chi connectivity index (χ3n) is 4.45. The molecule has 0 bridgehead atoms. The van der Waals surface area contributed by atoms with Crippen LogP contribution in [0, 0.1) is 12.8 Å². The Morgan fingerprint density at radius 3 is 2.67 bits per heavy atom. The Labute approximate surface area is 162 Å². The Morgan fingerprint density at radius 1 is 1.19 bits per heavy atom. The van der Waals surface area contributed by atoms with Crippen LogP contribution >= 0.6 is 11.3 Å². The van der Waals surface area contributed by atoms with E-state index in [1.165, 1.54) is 11.3 Å². The Balaban J connectivity index is 1.64. The fraction of sp³-hybridized carbons (Fsp3) is 0.429. The number of aryl methyl sites for hydroxylation is 1. The minimum Gasteiger partial charge on any atom is -0.466 e. The molecule has 3 rings (SSSR count). The fourth-order valence-electron chi connectivity index (χ4n) is 2.95. The van der Waals surface area contributed by atoms with E-state index >= 15 is 0 Å². The lowest BCUT2D eigenvalue weighted by Crippen LogP contribution is -2.12. The van der Waals surface area contributed by atoms with Gasteiger partial charge in [0.1, 0.15) is 10.8 Å². The first-order chi connectivity index (χ1) is 13.0. The van der Waals surface area contributed by atoms with Crippen molar-refractivity contribution in [2.45, 2.75) is 46.0 Å². The van der Waals surface area contributed by atoms with Gasteiger partial charge < -0.3 is 4.74 Å². The van der Waals surface area contributed by atoms with E-state index in [1.54, 1.807) is 12.3 Å². The van der Waals surface area contributed by atoms with E-state index < -0.39 is 0 Å². The van der Waals surface area contributed by atoms with Crippen molar-refractivity contribution in [3.8, 4) is 0 Å². The molecule has 0 aliphatic heterocycles. The third kappa shape index (κ3) is 5.32. The molecule has 1 saturated carbocycles. The number of ether oxygens (including phenoxy) is 1. The smallest absolute Gasteiger partial charge is 0.311 e. The first-order valence-corrected chi connectivity index (χ1v) is 10.1. The number of hydrogen-bond acceptors (Lipinski definition) is 6. The summed E-state index contributed by atoms with van der Waals surface area (Å²) in [5, 5.41) is 2.47. The molecule has 6 heteroatoms. The Kier molecular flexibility index (Phi) is 6.16. The zero-order chi connectivity index (χ0) is 19.4. The lowest BCUT2D eigenvalue weighted by atomic mass is 9.94. The summed E-state index contributed by atoms with van der Waals surface area (Å²) < 4.78 is 4.91. The zero-order valence-electron chi connectivity index (χ0n) is 15.6. The summed E-state index contributed by atoms with van der Waals surface area (Å²) in [6.45, 7) is 4.05. The molecule has 0 amide bonds. The Hall–Kier alpha value is -2.34. The molecule has 1 aromatic heterocycles. The predicted molar refractivity (Wildman–Crippen MR) is 103 cm³/mol. The van der Waals surface area contributed by atoms with Crippen molar-refractivity contribution in [3.05, 3.63) is 51.0 Å². The molecular weight excluding hydrogens is 362 g/mol. The van der Waals surface area contributed by atoms with E-state index in [0.29, 0.717) is 22.9 Å². The molecule has 1 heterocycles. The quantitative estimate of drug-likeness (QED) is 0.488. The maximum atomic E-state index is 12.5. The van der Waals surface area contributed by atoms with E-state index in [-0.39, 0.29) is 42.7 Å². The van der Waals surface area contributed by atoms with Gasteiger partial charge in [0.2, 0.25) is 0 Å². The highest BCUT2D eigenvalue weighted by molar-refractivity contribution is 7.09. The maximum Gasteiger partial charge on any atom is 0.311 e. The topological polar surface area (TPSA) is 73.3 Å². The van der Waals surface area contributed by atoms with Gasteiger partial charge in [-0.3, -0.25) is 14.4 Å². The zero-order valence-corrected chi connectivity index (χ0v) is 16.4. The second-order valence-electron chi connectivity index (χ2n) is 6.91. The number of rotatable bonds is 9. The second-order valence-corrected chi connectivity index (χ2v) is 7.85. The number of Topliss-reactive ketones (excluding diaryl/α,β-unsaturated/α-hetero) is 2. The third-order valence-corrected chi connectivity index (χ3v) is 5.34. The number of aromatic nitrogens is 1. The molecule has 1 aliphatic carbocycles. The fourth-order valence-corrected chi connectivity index (χ4v) is 3.78. The minimum atomic E-state index is -0.316. The van der Waals surface area contributed by atoms with E-state index in [9.17, 15) is 14.4 Å². The molecule has 1 fully saturated rings. The molecule has 0 spiro atoms. The molecule has 0 saturated heterocycles. The monoisotopic (exact) mass is 385 g/mol. The summed E-state index contributed by atoms with van der Waals surface area (Å²) in [6, 6.07) is 5.72. The van der Waals surface area contributed by atoms with Crippen molar-refractivity contribution in [1.82, 2.24) is 4.98 Å². The standard InChI is InChI=1S/C21H23NO4S/c1-3-26-20(24)10-16-12-27-19(22-16)11-17(23)9-15-5-4-13(2)8-18(15)21(25)14-6-7-14/h4-5,8,12,14H,3,6-7,9-11H2,1-2H3. The summed E-state index contributed by atoms with van der Waals surface area (Å²) >= 11 is 1.37. The molecule has 5 nitrogen and oxygen atoms in total. The largest absolute Gasteiger partial charge is 0.466 e. The number of esters is 1. The van der Waals surface area contributed by atoms with Crippen molar-refractivity contribution < 1.29 is 19.1 Å². The second kappa shape index (κ2) is 8.57. The van der Waals surface area contributed by atoms with Gasteiger partial charge in [0.25, 0.3) is 0 Å². The van der Waals surface area contributed by atoms with Gasteiger partial charge in [0, 0.05) is 23.3 Å². The van der Waals surface area contributed by atoms with Crippen LogP contribution in [0.15, 0.2) is 23.6 Å². The van der Waals surface area contributed by atoms with Crippen molar-refractivity contribution >= 4 is 28.9 Å². The number of carbonyl (C=O) groups is 3. The average Bonchev–Trinajstić information content (AvgIpc) is 3.38. The molecule has 2 aromatic rings. The van der Waals surface area contributed by atoms with Crippen LogP contribution in [0.25, 0.3) is 0 Å². The normalized spacial score (nSPS) is 13.4. The van der Waals surface area contributed by atoms with Gasteiger partial charge >= 0.3 is 5.97 Å². The van der Waals surface area contributed by atoms with Gasteiger partial charge in [0.15, 0.2) is 5.78 Å². The van der Waals surface area contributed by atoms with Crippen LogP contribution < -0.4 is 0 Å². The van der Waals surface area contributed by atoms with Gasteiger partial charge in [-0.1, -0.05) is 17.7 Å². The van der Waals surface area contributed by atoms with Crippen LogP contribution in [0.4, 0.5) is 0 Å². The lowest BCUT2D eigenvalue weighted by Gasteiger charge is -2.09.